The molecule has 6 nitrogen and oxygen atoms in total. The van der Waals surface area contributed by atoms with Crippen LogP contribution in [0.1, 0.15) is 38.1 Å². The molecule has 0 aliphatic heterocycles. The Balaban J connectivity index is 1.87. The molecule has 0 saturated heterocycles. The number of hydrogen-bond donors (Lipinski definition) is 1. The van der Waals surface area contributed by atoms with Crippen LogP contribution in [-0.4, -0.2) is 45.2 Å². The number of benzene rings is 1. The second-order valence-corrected chi connectivity index (χ2v) is 6.15. The summed E-state index contributed by atoms with van der Waals surface area (Å²) >= 11 is 0. The average Bonchev–Trinajstić information content (AvgIpc) is 3.42. The Kier molecular flexibility index (Phi) is 4.94. The Morgan fingerprint density at radius 3 is 2.79 bits per heavy atom. The third kappa shape index (κ3) is 3.33. The van der Waals surface area contributed by atoms with E-state index in [2.05, 4.69) is 4.98 Å². The lowest BCUT2D eigenvalue weighted by molar-refractivity contribution is -0.131. The van der Waals surface area contributed by atoms with Crippen LogP contribution in [0, 0.1) is 0 Å². The van der Waals surface area contributed by atoms with Crippen LogP contribution in [0.5, 0.6) is 0 Å². The lowest BCUT2D eigenvalue weighted by Gasteiger charge is -2.20. The van der Waals surface area contributed by atoms with E-state index in [0.29, 0.717) is 42.7 Å². The Hall–Kier alpha value is -2.21. The van der Waals surface area contributed by atoms with E-state index in [0.717, 1.165) is 12.8 Å². The maximum atomic E-state index is 12.8. The number of fused-ring (bicyclic) bond motifs is 1. The average molecular weight is 329 g/mol. The minimum absolute atomic E-state index is 0.00625. The van der Waals surface area contributed by atoms with Gasteiger partial charge < -0.3 is 10.0 Å². The molecule has 0 bridgehead atoms. The van der Waals surface area contributed by atoms with Crippen LogP contribution in [0.25, 0.3) is 10.9 Å². The van der Waals surface area contributed by atoms with E-state index < -0.39 is 0 Å². The number of aryl methyl sites for hydroxylation is 1. The van der Waals surface area contributed by atoms with Gasteiger partial charge in [0.15, 0.2) is 0 Å². The van der Waals surface area contributed by atoms with Gasteiger partial charge in [0, 0.05) is 32.0 Å². The molecule has 0 spiro atoms. The predicted octanol–water partition coefficient (Wildman–Crippen LogP) is 1.50. The van der Waals surface area contributed by atoms with E-state index in [9.17, 15) is 9.59 Å². The Labute approximate surface area is 140 Å². The highest BCUT2D eigenvalue weighted by Crippen LogP contribution is 2.34. The number of aliphatic hydroxyl groups is 1. The molecule has 0 atom stereocenters. The Morgan fingerprint density at radius 2 is 2.12 bits per heavy atom. The van der Waals surface area contributed by atoms with Crippen LogP contribution in [0.4, 0.5) is 0 Å². The number of aliphatic hydroxyl groups excluding tert-OH is 1. The number of carbonyl (C=O) groups is 1. The van der Waals surface area contributed by atoms with Crippen LogP contribution in [-0.2, 0) is 11.2 Å². The molecule has 1 N–H and O–H groups in total. The number of amides is 1. The van der Waals surface area contributed by atoms with E-state index >= 15 is 0 Å². The summed E-state index contributed by atoms with van der Waals surface area (Å²) in [7, 11) is 0. The van der Waals surface area contributed by atoms with Crippen LogP contribution in [0.2, 0.25) is 0 Å². The number of para-hydroxylation sites is 1. The lowest BCUT2D eigenvalue weighted by atomic mass is 10.2. The molecule has 0 radical (unpaired) electrons. The summed E-state index contributed by atoms with van der Waals surface area (Å²) in [6.45, 7) is 2.76. The molecule has 3 rings (SSSR count). The number of nitrogens with zero attached hydrogens (tertiary/aromatic N) is 3. The molecule has 2 aromatic rings. The molecule has 1 fully saturated rings. The molecule has 1 aromatic carbocycles. The summed E-state index contributed by atoms with van der Waals surface area (Å²) in [4.78, 5) is 31.3. The predicted molar refractivity (Wildman–Crippen MR) is 91.9 cm³/mol. The summed E-state index contributed by atoms with van der Waals surface area (Å²) in [6, 6.07) is 7.58. The summed E-state index contributed by atoms with van der Waals surface area (Å²) in [6.07, 6.45) is 2.72. The van der Waals surface area contributed by atoms with Crippen molar-refractivity contribution in [3.8, 4) is 0 Å². The highest BCUT2D eigenvalue weighted by atomic mass is 16.3. The Bertz CT molecular complexity index is 796. The zero-order valence-corrected chi connectivity index (χ0v) is 13.9. The van der Waals surface area contributed by atoms with Crippen LogP contribution in [0.3, 0.4) is 0 Å². The Morgan fingerprint density at radius 1 is 1.38 bits per heavy atom. The van der Waals surface area contributed by atoms with Gasteiger partial charge in [0.1, 0.15) is 5.82 Å². The monoisotopic (exact) mass is 329 g/mol. The molecule has 24 heavy (non-hydrogen) atoms. The van der Waals surface area contributed by atoms with Crippen molar-refractivity contribution in [3.05, 3.63) is 40.4 Å². The van der Waals surface area contributed by atoms with Crippen molar-refractivity contribution in [1.29, 1.82) is 0 Å². The van der Waals surface area contributed by atoms with Crippen LogP contribution in [0.15, 0.2) is 29.1 Å². The topological polar surface area (TPSA) is 75.4 Å². The van der Waals surface area contributed by atoms with Gasteiger partial charge in [-0.05, 0) is 31.9 Å². The summed E-state index contributed by atoms with van der Waals surface area (Å²) in [5, 5.41) is 9.66. The number of hydrogen-bond acceptors (Lipinski definition) is 4. The van der Waals surface area contributed by atoms with Crippen molar-refractivity contribution < 1.29 is 9.90 Å². The van der Waals surface area contributed by atoms with Gasteiger partial charge in [0.05, 0.1) is 17.5 Å². The van der Waals surface area contributed by atoms with Gasteiger partial charge in [-0.1, -0.05) is 12.1 Å². The molecule has 1 amide bonds. The normalized spacial score (nSPS) is 14.1. The van der Waals surface area contributed by atoms with Gasteiger partial charge in [-0.2, -0.15) is 0 Å². The largest absolute Gasteiger partial charge is 0.395 e. The van der Waals surface area contributed by atoms with Crippen molar-refractivity contribution in [1.82, 2.24) is 14.5 Å². The molecule has 1 saturated carbocycles. The maximum absolute atomic E-state index is 12.8. The number of likely N-dealkylation sites (N-methyl/N-ethyl adjacent to an activating group) is 1. The van der Waals surface area contributed by atoms with Crippen molar-refractivity contribution in [2.45, 2.75) is 38.6 Å². The first-order chi connectivity index (χ1) is 11.7. The quantitative estimate of drug-likeness (QED) is 0.835. The minimum Gasteiger partial charge on any atom is -0.395 e. The molecule has 1 aromatic heterocycles. The molecule has 1 heterocycles. The van der Waals surface area contributed by atoms with Gasteiger partial charge >= 0.3 is 0 Å². The smallest absolute Gasteiger partial charge is 0.261 e. The molecular weight excluding hydrogens is 306 g/mol. The van der Waals surface area contributed by atoms with Crippen molar-refractivity contribution in [2.75, 3.05) is 19.7 Å². The third-order valence-electron chi connectivity index (χ3n) is 4.46. The summed E-state index contributed by atoms with van der Waals surface area (Å²) in [5.41, 5.74) is 0.679. The fraction of sp³-hybridized carbons (Fsp3) is 0.500. The standard InChI is InChI=1S/C18H23N3O3/c1-2-20(11-12-22)17(23)10-9-16-19-15-6-4-3-5-14(15)18(24)21(16)13-7-8-13/h3-6,13,22H,2,7-12H2,1H3. The van der Waals surface area contributed by atoms with Gasteiger partial charge in [-0.3, -0.25) is 14.2 Å². The summed E-state index contributed by atoms with van der Waals surface area (Å²) in [5.74, 6) is 0.672. The SMILES string of the molecule is CCN(CCO)C(=O)CCc1nc2ccccc2c(=O)n1C1CC1. The van der Waals surface area contributed by atoms with Crippen molar-refractivity contribution in [3.63, 3.8) is 0 Å². The molecule has 128 valence electrons. The van der Waals surface area contributed by atoms with Crippen molar-refractivity contribution in [2.24, 2.45) is 0 Å². The molecule has 0 unspecified atom stereocenters. The van der Waals surface area contributed by atoms with E-state index in [4.69, 9.17) is 5.11 Å². The lowest BCUT2D eigenvalue weighted by Crippen LogP contribution is -2.34. The number of aromatic nitrogens is 2. The fourth-order valence-electron chi connectivity index (χ4n) is 3.03. The first-order valence-electron chi connectivity index (χ1n) is 8.54. The van der Waals surface area contributed by atoms with Gasteiger partial charge in [0.2, 0.25) is 5.91 Å². The third-order valence-corrected chi connectivity index (χ3v) is 4.46. The molecule has 1 aliphatic rings. The first-order valence-corrected chi connectivity index (χ1v) is 8.54. The van der Waals surface area contributed by atoms with Gasteiger partial charge in [0.25, 0.3) is 5.56 Å². The van der Waals surface area contributed by atoms with E-state index in [1.54, 1.807) is 15.5 Å². The van der Waals surface area contributed by atoms with Crippen molar-refractivity contribution >= 4 is 16.8 Å². The molecule has 1 aliphatic carbocycles. The first kappa shape index (κ1) is 16.6. The zero-order valence-electron chi connectivity index (χ0n) is 13.9. The van der Waals surface area contributed by atoms with E-state index in [1.807, 2.05) is 25.1 Å². The molecular formula is C18H23N3O3. The van der Waals surface area contributed by atoms with Crippen LogP contribution >= 0.6 is 0 Å². The number of carbonyl (C=O) groups excluding carboxylic acids is 1. The highest BCUT2D eigenvalue weighted by Gasteiger charge is 2.28. The van der Waals surface area contributed by atoms with Gasteiger partial charge in [-0.25, -0.2) is 4.98 Å². The zero-order chi connectivity index (χ0) is 17.1. The number of rotatable bonds is 7. The van der Waals surface area contributed by atoms with Gasteiger partial charge in [-0.15, -0.1) is 0 Å². The minimum atomic E-state index is -0.0411. The van der Waals surface area contributed by atoms with E-state index in [-0.39, 0.29) is 24.1 Å². The van der Waals surface area contributed by atoms with Crippen LogP contribution < -0.4 is 5.56 Å². The van der Waals surface area contributed by atoms with E-state index in [1.165, 1.54) is 0 Å². The molecule has 6 heteroatoms. The fourth-order valence-corrected chi connectivity index (χ4v) is 3.03. The highest BCUT2D eigenvalue weighted by molar-refractivity contribution is 5.78. The summed E-state index contributed by atoms with van der Waals surface area (Å²) < 4.78 is 1.78. The second-order valence-electron chi connectivity index (χ2n) is 6.15. The second kappa shape index (κ2) is 7.13. The maximum Gasteiger partial charge on any atom is 0.261 e.